The maximum atomic E-state index is 11.4. The topological polar surface area (TPSA) is 47.6 Å². The number of amides is 1. The fourth-order valence-electron chi connectivity index (χ4n) is 1.79. The summed E-state index contributed by atoms with van der Waals surface area (Å²) in [5, 5.41) is 1.76. The van der Waals surface area contributed by atoms with Crippen molar-refractivity contribution in [3.05, 3.63) is 23.8 Å². The molecule has 0 saturated carbocycles. The van der Waals surface area contributed by atoms with Crippen LogP contribution in [0.2, 0.25) is 0 Å². The molecule has 0 atom stereocenters. The van der Waals surface area contributed by atoms with Crippen molar-refractivity contribution in [1.29, 1.82) is 0 Å². The lowest BCUT2D eigenvalue weighted by molar-refractivity contribution is 0.133. The lowest BCUT2D eigenvalue weighted by atomic mass is 10.0. The molecule has 1 heterocycles. The van der Waals surface area contributed by atoms with E-state index in [4.69, 9.17) is 13.6 Å². The molecule has 0 bridgehead atoms. The summed E-state index contributed by atoms with van der Waals surface area (Å²) in [6.45, 7) is 1.29. The summed E-state index contributed by atoms with van der Waals surface area (Å²) in [5.74, 6) is 0.720. The third kappa shape index (κ3) is 1.96. The molecule has 1 amide bonds. The van der Waals surface area contributed by atoms with Crippen LogP contribution >= 0.6 is 0 Å². The van der Waals surface area contributed by atoms with Gasteiger partial charge in [0, 0.05) is 23.1 Å². The fraction of sp³-hybridized carbons (Fsp3) is 0.417. The molecule has 1 aliphatic heterocycles. The summed E-state index contributed by atoms with van der Waals surface area (Å²) in [6.07, 6.45) is -0.317. The summed E-state index contributed by atoms with van der Waals surface area (Å²) >= 11 is 0. The molecule has 0 saturated heterocycles. The normalized spacial score (nSPS) is 19.8. The maximum absolute atomic E-state index is 11.4. The van der Waals surface area contributed by atoms with Gasteiger partial charge in [0.25, 0.3) is 0 Å². The number of rotatable bonds is 1. The molecule has 2 rings (SSSR count). The lowest BCUT2D eigenvalue weighted by Gasteiger charge is -2.17. The summed E-state index contributed by atoms with van der Waals surface area (Å²) in [7, 11) is 0. The average Bonchev–Trinajstić information content (AvgIpc) is 2.50. The van der Waals surface area contributed by atoms with Crippen LogP contribution in [0.1, 0.15) is 23.5 Å². The average molecular weight is 224 g/mol. The maximum Gasteiger partial charge on any atom is 0.412 e. The Hall–Kier alpha value is -1.71. The molecule has 1 N–H and O–H groups in total. The summed E-state index contributed by atoms with van der Waals surface area (Å²) in [6, 6.07) is 5.19. The molecule has 0 fully saturated rings. The summed E-state index contributed by atoms with van der Waals surface area (Å²) in [4.78, 5) is 11.4. The SMILES string of the molecule is [2H]C([2H])([2H])NC(=O)Oc1cccc2c1OC(C)(C)C2. The zero-order valence-corrected chi connectivity index (χ0v) is 9.16. The first-order valence-electron chi connectivity index (χ1n) is 6.47. The minimum Gasteiger partial charge on any atom is -0.483 e. The molecule has 16 heavy (non-hydrogen) atoms. The molecule has 4 heteroatoms. The van der Waals surface area contributed by atoms with Crippen LogP contribution in [-0.2, 0) is 6.42 Å². The number of carbonyl (C=O) groups is 1. The number of hydrogen-bond acceptors (Lipinski definition) is 3. The number of para-hydroxylation sites is 1. The highest BCUT2D eigenvalue weighted by Crippen LogP contribution is 2.41. The van der Waals surface area contributed by atoms with Crippen LogP contribution in [0.25, 0.3) is 0 Å². The molecule has 0 aromatic heterocycles. The number of carbonyl (C=O) groups excluding carboxylic acids is 1. The van der Waals surface area contributed by atoms with Crippen molar-refractivity contribution >= 4 is 6.09 Å². The van der Waals surface area contributed by atoms with Gasteiger partial charge in [-0.05, 0) is 19.9 Å². The van der Waals surface area contributed by atoms with Crippen LogP contribution in [0.15, 0.2) is 18.2 Å². The van der Waals surface area contributed by atoms with E-state index in [1.165, 1.54) is 0 Å². The van der Waals surface area contributed by atoms with E-state index in [0.29, 0.717) is 12.2 Å². The van der Waals surface area contributed by atoms with Gasteiger partial charge in [0.15, 0.2) is 11.5 Å². The molecular weight excluding hydrogens is 206 g/mol. The van der Waals surface area contributed by atoms with Gasteiger partial charge in [-0.2, -0.15) is 0 Å². The second-order valence-electron chi connectivity index (χ2n) is 4.30. The van der Waals surface area contributed by atoms with Crippen LogP contribution in [0.3, 0.4) is 0 Å². The van der Waals surface area contributed by atoms with Crippen molar-refractivity contribution in [3.8, 4) is 11.5 Å². The van der Waals surface area contributed by atoms with Crippen molar-refractivity contribution < 1.29 is 18.4 Å². The van der Waals surface area contributed by atoms with Crippen LogP contribution in [-0.4, -0.2) is 18.7 Å². The largest absolute Gasteiger partial charge is 0.483 e. The van der Waals surface area contributed by atoms with Crippen molar-refractivity contribution in [3.63, 3.8) is 0 Å². The van der Waals surface area contributed by atoms with Crippen molar-refractivity contribution in [2.45, 2.75) is 25.9 Å². The Balaban J connectivity index is 2.16. The number of ether oxygens (including phenoxy) is 2. The van der Waals surface area contributed by atoms with E-state index in [1.54, 1.807) is 17.4 Å². The van der Waals surface area contributed by atoms with Crippen molar-refractivity contribution in [1.82, 2.24) is 5.32 Å². The van der Waals surface area contributed by atoms with Gasteiger partial charge in [0.05, 0.1) is 0 Å². The van der Waals surface area contributed by atoms with Crippen molar-refractivity contribution in [2.24, 2.45) is 0 Å². The standard InChI is InChI=1S/C12H15NO3/c1-12(2)7-8-5-4-6-9(10(8)16-12)15-11(14)13-3/h4-6H,7H2,1-3H3,(H,13,14)/i3D3. The molecular formula is C12H15NO3. The van der Waals surface area contributed by atoms with Gasteiger partial charge in [-0.25, -0.2) is 4.79 Å². The fourth-order valence-corrected chi connectivity index (χ4v) is 1.79. The lowest BCUT2D eigenvalue weighted by Crippen LogP contribution is -2.25. The zero-order chi connectivity index (χ0) is 14.3. The molecule has 0 spiro atoms. The third-order valence-electron chi connectivity index (χ3n) is 2.36. The van der Waals surface area contributed by atoms with Gasteiger partial charge in [-0.3, -0.25) is 0 Å². The van der Waals surface area contributed by atoms with Gasteiger partial charge in [-0.1, -0.05) is 12.1 Å². The van der Waals surface area contributed by atoms with E-state index >= 15 is 0 Å². The first kappa shape index (κ1) is 7.54. The monoisotopic (exact) mass is 224 g/mol. The zero-order valence-electron chi connectivity index (χ0n) is 12.2. The predicted molar refractivity (Wildman–Crippen MR) is 59.9 cm³/mol. The molecule has 1 aliphatic rings. The molecule has 86 valence electrons. The van der Waals surface area contributed by atoms with Gasteiger partial charge in [0.2, 0.25) is 0 Å². The van der Waals surface area contributed by atoms with E-state index in [9.17, 15) is 4.79 Å². The Morgan fingerprint density at radius 2 is 2.44 bits per heavy atom. The number of hydrogen-bond donors (Lipinski definition) is 1. The van der Waals surface area contributed by atoms with Gasteiger partial charge in [-0.15, -0.1) is 0 Å². The van der Waals surface area contributed by atoms with E-state index in [-0.39, 0.29) is 11.4 Å². The first-order valence-corrected chi connectivity index (χ1v) is 4.97. The number of fused-ring (bicyclic) bond motifs is 1. The van der Waals surface area contributed by atoms with Crippen LogP contribution in [0.5, 0.6) is 11.5 Å². The molecule has 0 unspecified atom stereocenters. The minimum absolute atomic E-state index is 0.227. The second kappa shape index (κ2) is 3.70. The Labute approximate surface area is 98.8 Å². The molecule has 0 radical (unpaired) electrons. The molecule has 1 aromatic rings. The Morgan fingerprint density at radius 3 is 3.19 bits per heavy atom. The van der Waals surface area contributed by atoms with E-state index < -0.39 is 13.1 Å². The summed E-state index contributed by atoms with van der Waals surface area (Å²) in [5.41, 5.74) is 0.576. The highest BCUT2D eigenvalue weighted by Gasteiger charge is 2.32. The van der Waals surface area contributed by atoms with Crippen molar-refractivity contribution in [2.75, 3.05) is 6.98 Å². The predicted octanol–water partition coefficient (Wildman–Crippen LogP) is 2.12. The van der Waals surface area contributed by atoms with E-state index in [0.717, 1.165) is 5.56 Å². The van der Waals surface area contributed by atoms with Gasteiger partial charge >= 0.3 is 6.09 Å². The first-order chi connectivity index (χ1) is 8.66. The van der Waals surface area contributed by atoms with E-state index in [1.807, 2.05) is 19.9 Å². The quantitative estimate of drug-likeness (QED) is 0.794. The minimum atomic E-state index is -2.57. The second-order valence-corrected chi connectivity index (χ2v) is 4.30. The highest BCUT2D eigenvalue weighted by atomic mass is 16.6. The highest BCUT2D eigenvalue weighted by molar-refractivity contribution is 5.71. The molecule has 4 nitrogen and oxygen atoms in total. The van der Waals surface area contributed by atoms with Crippen LogP contribution < -0.4 is 14.8 Å². The smallest absolute Gasteiger partial charge is 0.412 e. The Kier molecular flexibility index (Phi) is 1.75. The number of benzene rings is 1. The van der Waals surface area contributed by atoms with Gasteiger partial charge < -0.3 is 14.8 Å². The van der Waals surface area contributed by atoms with E-state index in [2.05, 4.69) is 0 Å². The van der Waals surface area contributed by atoms with Gasteiger partial charge in [0.1, 0.15) is 5.60 Å². The Bertz CT molecular complexity index is 511. The van der Waals surface area contributed by atoms with Crippen LogP contribution in [0.4, 0.5) is 4.79 Å². The summed E-state index contributed by atoms with van der Waals surface area (Å²) < 4.78 is 31.5. The Morgan fingerprint density at radius 1 is 1.62 bits per heavy atom. The number of nitrogens with one attached hydrogen (secondary N) is 1. The molecule has 0 aliphatic carbocycles. The van der Waals surface area contributed by atoms with Crippen LogP contribution in [0, 0.1) is 0 Å². The third-order valence-corrected chi connectivity index (χ3v) is 2.36. The molecule has 1 aromatic carbocycles.